The van der Waals surface area contributed by atoms with Crippen molar-refractivity contribution in [2.75, 3.05) is 19.6 Å². The SMILES string of the molecule is NC1CCN(CC(=O)Cc2ccc(Cl)cc2F)CC1. The topological polar surface area (TPSA) is 46.3 Å². The minimum absolute atomic E-state index is 0.0247. The maximum absolute atomic E-state index is 13.6. The van der Waals surface area contributed by atoms with Gasteiger partial charge in [0.05, 0.1) is 6.54 Å². The standard InChI is InChI=1S/C14H18ClFN2O/c15-11-2-1-10(14(16)8-11)7-13(19)9-18-5-3-12(17)4-6-18/h1-2,8,12H,3-7,9,17H2. The van der Waals surface area contributed by atoms with Crippen molar-refractivity contribution in [2.45, 2.75) is 25.3 Å². The van der Waals surface area contributed by atoms with Crippen LogP contribution in [0.4, 0.5) is 4.39 Å². The zero-order valence-corrected chi connectivity index (χ0v) is 11.5. The van der Waals surface area contributed by atoms with E-state index in [4.69, 9.17) is 17.3 Å². The molecule has 1 fully saturated rings. The van der Waals surface area contributed by atoms with Gasteiger partial charge in [0.2, 0.25) is 0 Å². The second kappa shape index (κ2) is 6.46. The lowest BCUT2D eigenvalue weighted by atomic mass is 10.0. The number of nitrogens with two attached hydrogens (primary N) is 1. The van der Waals surface area contributed by atoms with Crippen molar-refractivity contribution in [3.8, 4) is 0 Å². The molecule has 19 heavy (non-hydrogen) atoms. The van der Waals surface area contributed by atoms with Crippen molar-refractivity contribution in [3.05, 3.63) is 34.6 Å². The van der Waals surface area contributed by atoms with Crippen molar-refractivity contribution < 1.29 is 9.18 Å². The maximum Gasteiger partial charge on any atom is 0.151 e. The summed E-state index contributed by atoms with van der Waals surface area (Å²) in [6.45, 7) is 2.06. The van der Waals surface area contributed by atoms with Crippen LogP contribution >= 0.6 is 11.6 Å². The largest absolute Gasteiger partial charge is 0.328 e. The highest BCUT2D eigenvalue weighted by atomic mass is 35.5. The van der Waals surface area contributed by atoms with Crippen molar-refractivity contribution in [1.82, 2.24) is 4.90 Å². The molecular formula is C14H18ClFN2O. The van der Waals surface area contributed by atoms with Gasteiger partial charge in [0, 0.05) is 30.6 Å². The molecule has 0 atom stereocenters. The lowest BCUT2D eigenvalue weighted by Crippen LogP contribution is -2.42. The van der Waals surface area contributed by atoms with Crippen LogP contribution in [-0.2, 0) is 11.2 Å². The molecule has 1 heterocycles. The van der Waals surface area contributed by atoms with E-state index in [-0.39, 0.29) is 18.2 Å². The molecule has 104 valence electrons. The van der Waals surface area contributed by atoms with E-state index >= 15 is 0 Å². The number of Topliss-reactive ketones (excluding diaryl/α,β-unsaturated/α-hetero) is 1. The van der Waals surface area contributed by atoms with E-state index < -0.39 is 5.82 Å². The fourth-order valence-electron chi connectivity index (χ4n) is 2.29. The molecule has 0 aliphatic carbocycles. The molecular weight excluding hydrogens is 267 g/mol. The molecule has 3 nitrogen and oxygen atoms in total. The Balaban J connectivity index is 1.87. The van der Waals surface area contributed by atoms with Crippen molar-refractivity contribution in [1.29, 1.82) is 0 Å². The molecule has 0 amide bonds. The van der Waals surface area contributed by atoms with Crippen LogP contribution < -0.4 is 5.73 Å². The summed E-state index contributed by atoms with van der Waals surface area (Å²) in [6.07, 6.45) is 1.96. The first-order valence-corrected chi connectivity index (χ1v) is 6.86. The van der Waals surface area contributed by atoms with Crippen molar-refractivity contribution in [3.63, 3.8) is 0 Å². The van der Waals surface area contributed by atoms with Gasteiger partial charge < -0.3 is 5.73 Å². The normalized spacial score (nSPS) is 17.6. The summed E-state index contributed by atoms with van der Waals surface area (Å²) in [5.74, 6) is -0.391. The number of nitrogens with zero attached hydrogens (tertiary/aromatic N) is 1. The second-order valence-electron chi connectivity index (χ2n) is 5.06. The first-order valence-electron chi connectivity index (χ1n) is 6.48. The average molecular weight is 285 g/mol. The van der Waals surface area contributed by atoms with E-state index in [1.165, 1.54) is 6.07 Å². The summed E-state index contributed by atoms with van der Waals surface area (Å²) in [5, 5.41) is 0.346. The molecule has 0 radical (unpaired) electrons. The minimum Gasteiger partial charge on any atom is -0.328 e. The molecule has 2 rings (SSSR count). The highest BCUT2D eigenvalue weighted by Crippen LogP contribution is 2.16. The highest BCUT2D eigenvalue weighted by Gasteiger charge is 2.18. The number of hydrogen-bond donors (Lipinski definition) is 1. The first kappa shape index (κ1) is 14.4. The van der Waals surface area contributed by atoms with Crippen molar-refractivity contribution >= 4 is 17.4 Å². The molecule has 5 heteroatoms. The van der Waals surface area contributed by atoms with Crippen molar-refractivity contribution in [2.24, 2.45) is 5.73 Å². The van der Waals surface area contributed by atoms with Gasteiger partial charge in [0.1, 0.15) is 5.82 Å². The first-order chi connectivity index (χ1) is 9.04. The molecule has 1 aliphatic rings. The van der Waals surface area contributed by atoms with Crippen LogP contribution in [0.3, 0.4) is 0 Å². The summed E-state index contributed by atoms with van der Waals surface area (Å²) < 4.78 is 13.6. The number of halogens is 2. The smallest absolute Gasteiger partial charge is 0.151 e. The van der Waals surface area contributed by atoms with Gasteiger partial charge in [-0.05, 0) is 30.5 Å². The van der Waals surface area contributed by atoms with Crippen LogP contribution in [0.15, 0.2) is 18.2 Å². The lowest BCUT2D eigenvalue weighted by Gasteiger charge is -2.29. The van der Waals surface area contributed by atoms with Gasteiger partial charge in [-0.25, -0.2) is 4.39 Å². The van der Waals surface area contributed by atoms with Gasteiger partial charge in [-0.15, -0.1) is 0 Å². The molecule has 1 aromatic carbocycles. The third-order valence-electron chi connectivity index (χ3n) is 3.43. The molecule has 1 aliphatic heterocycles. The Morgan fingerprint density at radius 2 is 2.11 bits per heavy atom. The van der Waals surface area contributed by atoms with E-state index in [1.54, 1.807) is 12.1 Å². The van der Waals surface area contributed by atoms with Gasteiger partial charge in [-0.1, -0.05) is 17.7 Å². The molecule has 2 N–H and O–H groups in total. The van der Waals surface area contributed by atoms with E-state index in [2.05, 4.69) is 4.90 Å². The number of likely N-dealkylation sites (tertiary alicyclic amines) is 1. The molecule has 0 aromatic heterocycles. The highest BCUT2D eigenvalue weighted by molar-refractivity contribution is 6.30. The summed E-state index contributed by atoms with van der Waals surface area (Å²) in [6, 6.07) is 4.67. The fraction of sp³-hybridized carbons (Fsp3) is 0.500. The van der Waals surface area contributed by atoms with E-state index in [1.807, 2.05) is 0 Å². The predicted molar refractivity (Wildman–Crippen MR) is 73.8 cm³/mol. The number of carbonyl (C=O) groups excluding carboxylic acids is 1. The zero-order chi connectivity index (χ0) is 13.8. The molecule has 1 saturated heterocycles. The summed E-state index contributed by atoms with van der Waals surface area (Å²) in [5.41, 5.74) is 6.22. The molecule has 0 unspecified atom stereocenters. The van der Waals surface area contributed by atoms with Crippen LogP contribution in [0, 0.1) is 5.82 Å². The molecule has 0 spiro atoms. The third-order valence-corrected chi connectivity index (χ3v) is 3.67. The Morgan fingerprint density at radius 3 is 2.74 bits per heavy atom. The Labute approximate surface area is 117 Å². The Morgan fingerprint density at radius 1 is 1.42 bits per heavy atom. The quantitative estimate of drug-likeness (QED) is 0.920. The minimum atomic E-state index is -0.415. The molecule has 1 aromatic rings. The summed E-state index contributed by atoms with van der Waals surface area (Å²) in [4.78, 5) is 14.0. The number of benzene rings is 1. The second-order valence-corrected chi connectivity index (χ2v) is 5.50. The monoisotopic (exact) mass is 284 g/mol. The molecule has 0 bridgehead atoms. The van der Waals surface area contributed by atoms with Gasteiger partial charge >= 0.3 is 0 Å². The van der Waals surface area contributed by atoms with Crippen LogP contribution in [0.2, 0.25) is 5.02 Å². The Kier molecular flexibility index (Phi) is 4.91. The summed E-state index contributed by atoms with van der Waals surface area (Å²) >= 11 is 5.68. The third kappa shape index (κ3) is 4.27. The van der Waals surface area contributed by atoms with Gasteiger partial charge in [0.15, 0.2) is 5.78 Å². The number of carbonyl (C=O) groups is 1. The predicted octanol–water partition coefficient (Wildman–Crippen LogP) is 2.01. The summed E-state index contributed by atoms with van der Waals surface area (Å²) in [7, 11) is 0. The Bertz CT molecular complexity index is 459. The van der Waals surface area contributed by atoms with Crippen LogP contribution in [0.5, 0.6) is 0 Å². The molecule has 0 saturated carbocycles. The number of ketones is 1. The zero-order valence-electron chi connectivity index (χ0n) is 10.7. The van der Waals surface area contributed by atoms with E-state index in [0.29, 0.717) is 17.1 Å². The Hall–Kier alpha value is -0.970. The maximum atomic E-state index is 13.6. The average Bonchev–Trinajstić information content (AvgIpc) is 2.36. The lowest BCUT2D eigenvalue weighted by molar-refractivity contribution is -0.119. The van der Waals surface area contributed by atoms with Gasteiger partial charge in [-0.2, -0.15) is 0 Å². The van der Waals surface area contributed by atoms with E-state index in [9.17, 15) is 9.18 Å². The van der Waals surface area contributed by atoms with Crippen LogP contribution in [0.1, 0.15) is 18.4 Å². The van der Waals surface area contributed by atoms with Crippen LogP contribution in [0.25, 0.3) is 0 Å². The fourth-order valence-corrected chi connectivity index (χ4v) is 2.45. The number of piperidine rings is 1. The number of hydrogen-bond acceptors (Lipinski definition) is 3. The van der Waals surface area contributed by atoms with Crippen LogP contribution in [-0.4, -0.2) is 36.4 Å². The van der Waals surface area contributed by atoms with E-state index in [0.717, 1.165) is 25.9 Å². The number of rotatable bonds is 4. The van der Waals surface area contributed by atoms with Gasteiger partial charge in [-0.3, -0.25) is 9.69 Å². The van der Waals surface area contributed by atoms with Gasteiger partial charge in [0.25, 0.3) is 0 Å².